The second kappa shape index (κ2) is 5.00. The fourth-order valence-electron chi connectivity index (χ4n) is 2.10. The van der Waals surface area contributed by atoms with Gasteiger partial charge in [0.1, 0.15) is 5.75 Å². The zero-order valence-electron chi connectivity index (χ0n) is 12.2. The smallest absolute Gasteiger partial charge is 0.250 e. The molecule has 0 N–H and O–H groups in total. The van der Waals surface area contributed by atoms with Crippen LogP contribution >= 0.6 is 11.3 Å². The third-order valence-corrected chi connectivity index (χ3v) is 4.07. The molecule has 0 fully saturated rings. The van der Waals surface area contributed by atoms with Crippen molar-refractivity contribution >= 4 is 22.6 Å². The van der Waals surface area contributed by atoms with Crippen LogP contribution < -0.4 is 4.74 Å². The second-order valence-corrected chi connectivity index (χ2v) is 6.73. The Labute approximate surface area is 127 Å². The molecular weight excluding hydrogens is 284 g/mol. The maximum absolute atomic E-state index is 11.2. The van der Waals surface area contributed by atoms with Gasteiger partial charge in [-0.2, -0.15) is 4.98 Å². The van der Waals surface area contributed by atoms with Crippen molar-refractivity contribution in [1.29, 1.82) is 0 Å². The largest absolute Gasteiger partial charge is 0.437 e. The summed E-state index contributed by atoms with van der Waals surface area (Å²) in [7, 11) is 0. The van der Waals surface area contributed by atoms with Gasteiger partial charge in [0.25, 0.3) is 0 Å². The lowest BCUT2D eigenvalue weighted by Crippen LogP contribution is -2.10. The highest BCUT2D eigenvalue weighted by Crippen LogP contribution is 2.29. The Balaban J connectivity index is 1.91. The maximum atomic E-state index is 11.2. The highest BCUT2D eigenvalue weighted by atomic mass is 32.1. The molecule has 0 radical (unpaired) electrons. The number of aldehydes is 1. The number of thiazole rings is 1. The summed E-state index contributed by atoms with van der Waals surface area (Å²) in [4.78, 5) is 16.3. The van der Waals surface area contributed by atoms with Gasteiger partial charge in [0.2, 0.25) is 5.88 Å². The Morgan fingerprint density at radius 1 is 1.24 bits per heavy atom. The van der Waals surface area contributed by atoms with E-state index in [1.807, 2.05) is 35.8 Å². The zero-order valence-corrected chi connectivity index (χ0v) is 13.0. The normalized spacial score (nSPS) is 11.8. The molecule has 2 aromatic heterocycles. The molecule has 0 saturated carbocycles. The number of ether oxygens (including phenoxy) is 1. The molecule has 0 unspecified atom stereocenters. The maximum Gasteiger partial charge on any atom is 0.250 e. The Bertz CT molecular complexity index is 779. The number of carbonyl (C=O) groups excluding carboxylic acids is 1. The van der Waals surface area contributed by atoms with E-state index in [1.165, 1.54) is 16.9 Å². The van der Waals surface area contributed by atoms with Crippen LogP contribution in [-0.4, -0.2) is 15.7 Å². The van der Waals surface area contributed by atoms with Gasteiger partial charge in [-0.05, 0) is 23.1 Å². The predicted octanol–water partition coefficient (Wildman–Crippen LogP) is 4.30. The number of fused-ring (bicyclic) bond motifs is 1. The van der Waals surface area contributed by atoms with Crippen LogP contribution in [0, 0.1) is 0 Å². The predicted molar refractivity (Wildman–Crippen MR) is 83.7 cm³/mol. The van der Waals surface area contributed by atoms with Crippen LogP contribution in [0.1, 0.15) is 36.8 Å². The number of hydrogen-bond acceptors (Lipinski definition) is 4. The Hall–Kier alpha value is -2.14. The van der Waals surface area contributed by atoms with Gasteiger partial charge in [-0.25, -0.2) is 0 Å². The van der Waals surface area contributed by atoms with Gasteiger partial charge >= 0.3 is 0 Å². The summed E-state index contributed by atoms with van der Waals surface area (Å²) in [6.45, 7) is 6.49. The van der Waals surface area contributed by atoms with Crippen LogP contribution in [0.4, 0.5) is 0 Å². The summed E-state index contributed by atoms with van der Waals surface area (Å²) in [6.07, 6.45) is 2.58. The minimum atomic E-state index is 0.101. The molecule has 2 heterocycles. The standard InChI is InChI=1S/C16H16N2O2S/c1-16(2,3)11-4-6-12(7-5-11)20-14-13(10-19)18-8-9-21-15(18)17-14/h4-10H,1-3H3. The van der Waals surface area contributed by atoms with Crippen molar-refractivity contribution in [3.8, 4) is 11.6 Å². The summed E-state index contributed by atoms with van der Waals surface area (Å²) >= 11 is 1.47. The van der Waals surface area contributed by atoms with Gasteiger partial charge < -0.3 is 4.74 Å². The van der Waals surface area contributed by atoms with E-state index < -0.39 is 0 Å². The first-order valence-corrected chi connectivity index (χ1v) is 7.56. The van der Waals surface area contributed by atoms with E-state index in [9.17, 15) is 4.79 Å². The van der Waals surface area contributed by atoms with Crippen LogP contribution in [0.3, 0.4) is 0 Å². The topological polar surface area (TPSA) is 43.6 Å². The van der Waals surface area contributed by atoms with E-state index in [-0.39, 0.29) is 5.41 Å². The van der Waals surface area contributed by atoms with E-state index in [0.717, 1.165) is 11.2 Å². The van der Waals surface area contributed by atoms with Crippen LogP contribution in [0.15, 0.2) is 35.8 Å². The number of rotatable bonds is 3. The summed E-state index contributed by atoms with van der Waals surface area (Å²) in [6, 6.07) is 7.88. The minimum absolute atomic E-state index is 0.101. The molecule has 0 amide bonds. The summed E-state index contributed by atoms with van der Waals surface area (Å²) in [5.74, 6) is 1.03. The number of hydrogen-bond donors (Lipinski definition) is 0. The molecule has 0 spiro atoms. The monoisotopic (exact) mass is 300 g/mol. The lowest BCUT2D eigenvalue weighted by Gasteiger charge is -2.18. The van der Waals surface area contributed by atoms with Crippen LogP contribution in [0.5, 0.6) is 11.6 Å². The van der Waals surface area contributed by atoms with Crippen molar-refractivity contribution in [2.75, 3.05) is 0 Å². The molecule has 21 heavy (non-hydrogen) atoms. The minimum Gasteiger partial charge on any atom is -0.437 e. The number of benzene rings is 1. The van der Waals surface area contributed by atoms with Gasteiger partial charge in [-0.3, -0.25) is 9.20 Å². The highest BCUT2D eigenvalue weighted by molar-refractivity contribution is 7.15. The van der Waals surface area contributed by atoms with Gasteiger partial charge in [0, 0.05) is 11.6 Å². The van der Waals surface area contributed by atoms with Crippen molar-refractivity contribution < 1.29 is 9.53 Å². The van der Waals surface area contributed by atoms with Crippen molar-refractivity contribution in [3.63, 3.8) is 0 Å². The molecule has 0 atom stereocenters. The van der Waals surface area contributed by atoms with E-state index in [0.29, 0.717) is 17.3 Å². The molecule has 3 aromatic rings. The van der Waals surface area contributed by atoms with Crippen molar-refractivity contribution in [2.45, 2.75) is 26.2 Å². The molecular formula is C16H16N2O2S. The molecule has 3 rings (SSSR count). The van der Waals surface area contributed by atoms with Crippen LogP contribution in [0.25, 0.3) is 4.96 Å². The molecule has 0 aliphatic carbocycles. The van der Waals surface area contributed by atoms with E-state index in [4.69, 9.17) is 4.74 Å². The fraction of sp³-hybridized carbons (Fsp3) is 0.250. The van der Waals surface area contributed by atoms with E-state index in [2.05, 4.69) is 25.8 Å². The van der Waals surface area contributed by atoms with Gasteiger partial charge in [0.15, 0.2) is 16.9 Å². The quantitative estimate of drug-likeness (QED) is 0.677. The summed E-state index contributed by atoms with van der Waals surface area (Å²) in [5, 5.41) is 1.89. The first-order valence-electron chi connectivity index (χ1n) is 6.68. The third kappa shape index (κ3) is 2.56. The lowest BCUT2D eigenvalue weighted by atomic mass is 9.87. The Kier molecular flexibility index (Phi) is 3.29. The second-order valence-electron chi connectivity index (χ2n) is 5.85. The molecule has 0 aliphatic rings. The number of nitrogens with zero attached hydrogens (tertiary/aromatic N) is 2. The van der Waals surface area contributed by atoms with Gasteiger partial charge in [0.05, 0.1) is 0 Å². The number of aromatic nitrogens is 2. The highest BCUT2D eigenvalue weighted by Gasteiger charge is 2.16. The molecule has 1 aromatic carbocycles. The fourth-order valence-corrected chi connectivity index (χ4v) is 2.81. The molecule has 5 heteroatoms. The molecule has 0 bridgehead atoms. The van der Waals surface area contributed by atoms with Crippen molar-refractivity contribution in [1.82, 2.24) is 9.38 Å². The van der Waals surface area contributed by atoms with E-state index >= 15 is 0 Å². The molecule has 108 valence electrons. The van der Waals surface area contributed by atoms with Crippen molar-refractivity contribution in [3.05, 3.63) is 47.1 Å². The van der Waals surface area contributed by atoms with Crippen molar-refractivity contribution in [2.24, 2.45) is 0 Å². The molecule has 0 aliphatic heterocycles. The lowest BCUT2D eigenvalue weighted by molar-refractivity contribution is 0.111. The summed E-state index contributed by atoms with van der Waals surface area (Å²) < 4.78 is 7.49. The number of imidazole rings is 1. The zero-order chi connectivity index (χ0) is 15.0. The molecule has 0 saturated heterocycles. The summed E-state index contributed by atoms with van der Waals surface area (Å²) in [5.41, 5.74) is 1.77. The molecule has 4 nitrogen and oxygen atoms in total. The third-order valence-electron chi connectivity index (χ3n) is 3.31. The average Bonchev–Trinajstić information content (AvgIpc) is 2.98. The van der Waals surface area contributed by atoms with Crippen LogP contribution in [-0.2, 0) is 5.41 Å². The van der Waals surface area contributed by atoms with E-state index in [1.54, 1.807) is 4.40 Å². The first-order chi connectivity index (χ1) is 9.99. The average molecular weight is 300 g/mol. The SMILES string of the molecule is CC(C)(C)c1ccc(Oc2nc3sccn3c2C=O)cc1. The van der Waals surface area contributed by atoms with Gasteiger partial charge in [-0.1, -0.05) is 32.9 Å². The number of carbonyl (C=O) groups is 1. The first kappa shape index (κ1) is 13.8. The van der Waals surface area contributed by atoms with Crippen LogP contribution in [0.2, 0.25) is 0 Å². The Morgan fingerprint density at radius 3 is 2.57 bits per heavy atom. The van der Waals surface area contributed by atoms with Gasteiger partial charge in [-0.15, -0.1) is 11.3 Å². The Morgan fingerprint density at radius 2 is 1.95 bits per heavy atom.